The fourth-order valence-electron chi connectivity index (χ4n) is 2.35. The van der Waals surface area contributed by atoms with E-state index in [1.54, 1.807) is 30.1 Å². The molecule has 0 radical (unpaired) electrons. The van der Waals surface area contributed by atoms with E-state index >= 15 is 0 Å². The number of ether oxygens (including phenoxy) is 2. The first-order chi connectivity index (χ1) is 10.7. The number of hydrogen-bond acceptors (Lipinski definition) is 5. The van der Waals surface area contributed by atoms with Crippen molar-refractivity contribution in [1.29, 1.82) is 0 Å². The van der Waals surface area contributed by atoms with Gasteiger partial charge in [-0.2, -0.15) is 0 Å². The van der Waals surface area contributed by atoms with Crippen LogP contribution in [0.15, 0.2) is 28.8 Å². The van der Waals surface area contributed by atoms with E-state index in [9.17, 15) is 4.79 Å². The van der Waals surface area contributed by atoms with Crippen molar-refractivity contribution in [2.24, 2.45) is 0 Å². The normalized spacial score (nSPS) is 13.0. The number of fused-ring (bicyclic) bond motifs is 1. The molecule has 1 aliphatic heterocycles. The van der Waals surface area contributed by atoms with E-state index in [1.165, 1.54) is 0 Å². The first-order valence-corrected chi connectivity index (χ1v) is 7.27. The summed E-state index contributed by atoms with van der Waals surface area (Å²) in [6.45, 7) is 3.31. The summed E-state index contributed by atoms with van der Waals surface area (Å²) in [5.74, 6) is 1.64. The number of carbonyl (C=O) groups excluding carboxylic acids is 1. The molecule has 0 spiro atoms. The van der Waals surface area contributed by atoms with Crippen LogP contribution in [-0.2, 0) is 13.0 Å². The molecule has 1 aromatic carbocycles. The zero-order valence-electron chi connectivity index (χ0n) is 12.7. The molecule has 22 heavy (non-hydrogen) atoms. The molecule has 2 aromatic rings. The number of aryl methyl sites for hydroxylation is 1. The average molecular weight is 302 g/mol. The maximum atomic E-state index is 12.6. The second-order valence-corrected chi connectivity index (χ2v) is 5.13. The van der Waals surface area contributed by atoms with Crippen LogP contribution >= 0.6 is 0 Å². The van der Waals surface area contributed by atoms with Crippen LogP contribution in [0.25, 0.3) is 0 Å². The Balaban J connectivity index is 1.78. The fraction of sp³-hybridized carbons (Fsp3) is 0.375. The largest absolute Gasteiger partial charge is 0.486 e. The van der Waals surface area contributed by atoms with Gasteiger partial charge in [-0.25, -0.2) is 0 Å². The second-order valence-electron chi connectivity index (χ2n) is 5.13. The van der Waals surface area contributed by atoms with E-state index in [2.05, 4.69) is 5.16 Å². The summed E-state index contributed by atoms with van der Waals surface area (Å²) in [6, 6.07) is 7.20. The van der Waals surface area contributed by atoms with E-state index < -0.39 is 0 Å². The minimum Gasteiger partial charge on any atom is -0.486 e. The molecule has 0 N–H and O–H groups in total. The van der Waals surface area contributed by atoms with Gasteiger partial charge in [0, 0.05) is 13.1 Å². The highest BCUT2D eigenvalue weighted by Crippen LogP contribution is 2.34. The Hall–Kier alpha value is -2.50. The Kier molecular flexibility index (Phi) is 4.00. The van der Waals surface area contributed by atoms with E-state index in [0.29, 0.717) is 42.6 Å². The lowest BCUT2D eigenvalue weighted by atomic mass is 10.1. The van der Waals surface area contributed by atoms with Crippen molar-refractivity contribution < 1.29 is 18.8 Å². The van der Waals surface area contributed by atoms with Crippen LogP contribution in [-0.4, -0.2) is 36.2 Å². The maximum Gasteiger partial charge on any atom is 0.257 e. The molecule has 6 nitrogen and oxygen atoms in total. The molecule has 0 aliphatic carbocycles. The highest BCUT2D eigenvalue weighted by atomic mass is 16.6. The summed E-state index contributed by atoms with van der Waals surface area (Å²) in [4.78, 5) is 14.2. The van der Waals surface area contributed by atoms with Crippen LogP contribution in [0.3, 0.4) is 0 Å². The van der Waals surface area contributed by atoms with Gasteiger partial charge in [0.15, 0.2) is 17.3 Å². The van der Waals surface area contributed by atoms with Gasteiger partial charge in [0.25, 0.3) is 5.91 Å². The lowest BCUT2D eigenvalue weighted by molar-refractivity contribution is 0.0761. The molecule has 2 heterocycles. The predicted molar refractivity (Wildman–Crippen MR) is 79.1 cm³/mol. The molecule has 1 aliphatic rings. The van der Waals surface area contributed by atoms with Gasteiger partial charge < -0.3 is 18.9 Å². The molecule has 116 valence electrons. The van der Waals surface area contributed by atoms with Crippen molar-refractivity contribution in [3.05, 3.63) is 41.3 Å². The zero-order chi connectivity index (χ0) is 15.5. The molecule has 1 aromatic heterocycles. The van der Waals surface area contributed by atoms with E-state index in [4.69, 9.17) is 14.0 Å². The van der Waals surface area contributed by atoms with Crippen LogP contribution in [0.2, 0.25) is 0 Å². The first-order valence-electron chi connectivity index (χ1n) is 7.27. The topological polar surface area (TPSA) is 64.8 Å². The second kappa shape index (κ2) is 6.09. The summed E-state index contributed by atoms with van der Waals surface area (Å²) < 4.78 is 16.3. The van der Waals surface area contributed by atoms with Gasteiger partial charge in [-0.3, -0.25) is 4.79 Å². The van der Waals surface area contributed by atoms with Crippen LogP contribution < -0.4 is 9.47 Å². The third-order valence-corrected chi connectivity index (χ3v) is 3.51. The Labute approximate surface area is 128 Å². The van der Waals surface area contributed by atoms with Gasteiger partial charge in [0.2, 0.25) is 0 Å². The predicted octanol–water partition coefficient (Wildman–Crippen LogP) is 2.28. The van der Waals surface area contributed by atoms with Gasteiger partial charge in [0.05, 0.1) is 17.8 Å². The van der Waals surface area contributed by atoms with Crippen LogP contribution in [0.4, 0.5) is 0 Å². The third kappa shape index (κ3) is 2.77. The number of carbonyl (C=O) groups is 1. The van der Waals surface area contributed by atoms with Crippen LogP contribution in [0.1, 0.15) is 28.7 Å². The lowest BCUT2D eigenvalue weighted by Gasteiger charge is -2.22. The van der Waals surface area contributed by atoms with Crippen molar-refractivity contribution in [1.82, 2.24) is 10.1 Å². The van der Waals surface area contributed by atoms with Crippen molar-refractivity contribution in [3.8, 4) is 11.5 Å². The number of para-hydroxylation sites is 1. The highest BCUT2D eigenvalue weighted by molar-refractivity contribution is 5.97. The highest BCUT2D eigenvalue weighted by Gasteiger charge is 2.23. The molecule has 1 amide bonds. The van der Waals surface area contributed by atoms with Gasteiger partial charge >= 0.3 is 0 Å². The van der Waals surface area contributed by atoms with E-state index in [1.807, 2.05) is 13.0 Å². The maximum absolute atomic E-state index is 12.6. The smallest absolute Gasteiger partial charge is 0.257 e. The van der Waals surface area contributed by atoms with Gasteiger partial charge in [-0.05, 0) is 18.6 Å². The number of aromatic nitrogens is 1. The molecule has 0 unspecified atom stereocenters. The Morgan fingerprint density at radius 1 is 1.32 bits per heavy atom. The summed E-state index contributed by atoms with van der Waals surface area (Å²) in [5, 5.41) is 3.93. The molecule has 0 saturated heterocycles. The summed E-state index contributed by atoms with van der Waals surface area (Å²) >= 11 is 0. The van der Waals surface area contributed by atoms with Gasteiger partial charge in [-0.1, -0.05) is 18.1 Å². The molecular weight excluding hydrogens is 284 g/mol. The fourth-order valence-corrected chi connectivity index (χ4v) is 2.35. The van der Waals surface area contributed by atoms with E-state index in [0.717, 1.165) is 12.1 Å². The summed E-state index contributed by atoms with van der Waals surface area (Å²) in [5.41, 5.74) is 1.37. The van der Waals surface area contributed by atoms with Crippen LogP contribution in [0.5, 0.6) is 11.5 Å². The third-order valence-electron chi connectivity index (χ3n) is 3.51. The number of nitrogens with zero attached hydrogens (tertiary/aromatic N) is 2. The lowest BCUT2D eigenvalue weighted by Crippen LogP contribution is -2.27. The van der Waals surface area contributed by atoms with Crippen molar-refractivity contribution in [2.45, 2.75) is 19.9 Å². The summed E-state index contributed by atoms with van der Waals surface area (Å²) in [7, 11) is 1.72. The first kappa shape index (κ1) is 14.4. The Morgan fingerprint density at radius 3 is 2.91 bits per heavy atom. The minimum absolute atomic E-state index is 0.142. The number of hydrogen-bond donors (Lipinski definition) is 0. The van der Waals surface area contributed by atoms with E-state index in [-0.39, 0.29) is 5.91 Å². The molecule has 0 fully saturated rings. The van der Waals surface area contributed by atoms with Crippen molar-refractivity contribution in [2.75, 3.05) is 20.3 Å². The summed E-state index contributed by atoms with van der Waals surface area (Å²) in [6.07, 6.45) is 0.804. The molecular formula is C16H18N2O4. The number of rotatable bonds is 4. The van der Waals surface area contributed by atoms with Crippen molar-refractivity contribution >= 4 is 5.91 Å². The van der Waals surface area contributed by atoms with Crippen LogP contribution in [0, 0.1) is 0 Å². The minimum atomic E-state index is -0.142. The SMILES string of the molecule is CCc1cc(CN(C)C(=O)c2cccc3c2OCCO3)on1. The molecule has 0 saturated carbocycles. The zero-order valence-corrected chi connectivity index (χ0v) is 12.7. The van der Waals surface area contributed by atoms with Gasteiger partial charge in [0.1, 0.15) is 13.2 Å². The molecule has 6 heteroatoms. The monoisotopic (exact) mass is 302 g/mol. The standard InChI is InChI=1S/C16H18N2O4/c1-3-11-9-12(22-17-11)10-18(2)16(19)13-5-4-6-14-15(13)21-8-7-20-14/h4-6,9H,3,7-8,10H2,1-2H3. The Bertz CT molecular complexity index is 681. The molecule has 0 atom stereocenters. The molecule has 3 rings (SSSR count). The quantitative estimate of drug-likeness (QED) is 0.867. The molecule has 0 bridgehead atoms. The average Bonchev–Trinajstić information content (AvgIpc) is 3.01. The Morgan fingerprint density at radius 2 is 2.14 bits per heavy atom. The van der Waals surface area contributed by atoms with Gasteiger partial charge in [-0.15, -0.1) is 0 Å². The van der Waals surface area contributed by atoms with Crippen molar-refractivity contribution in [3.63, 3.8) is 0 Å². The number of benzene rings is 1. The number of amides is 1.